The number of imide groups is 1. The number of aliphatic hydroxyl groups excluding tert-OH is 1. The van der Waals surface area contributed by atoms with Crippen molar-refractivity contribution in [1.29, 1.82) is 0 Å². The summed E-state index contributed by atoms with van der Waals surface area (Å²) in [7, 11) is 6.11. The Morgan fingerprint density at radius 1 is 0.700 bits per heavy atom. The molecule has 12 atom stereocenters. The molecule has 0 radical (unpaired) electrons. The second-order valence-corrected chi connectivity index (χ2v) is 26.3. The van der Waals surface area contributed by atoms with Crippen LogP contribution in [0.4, 0.5) is 10.5 Å². The molecule has 2 aromatic rings. The van der Waals surface area contributed by atoms with Gasteiger partial charge in [-0.2, -0.15) is 0 Å². The molecule has 1 saturated heterocycles. The van der Waals surface area contributed by atoms with E-state index in [4.69, 9.17) is 14.2 Å². The summed E-state index contributed by atoms with van der Waals surface area (Å²) in [6, 6.07) is 9.90. The highest BCUT2D eigenvalue weighted by molar-refractivity contribution is 9.14. The lowest BCUT2D eigenvalue weighted by atomic mass is 9.89. The normalized spacial score (nSPS) is 18.0. The molecule has 2 aliphatic rings. The molecule has 2 heterocycles. The maximum Gasteiger partial charge on any atom is 0.410 e. The molecule has 25 heteroatoms. The van der Waals surface area contributed by atoms with Gasteiger partial charge in [0.2, 0.25) is 41.4 Å². The first kappa shape index (κ1) is 76.2. The van der Waals surface area contributed by atoms with Crippen LogP contribution in [-0.2, 0) is 64.0 Å². The van der Waals surface area contributed by atoms with Crippen LogP contribution >= 0.6 is 31.9 Å². The number of methoxy groups -OCH3 is 2. The number of carbonyl (C=O) groups excluding carboxylic acids is 10. The van der Waals surface area contributed by atoms with E-state index in [0.717, 1.165) is 4.90 Å². The number of hydrogen-bond acceptors (Lipinski definition) is 14. The predicted molar refractivity (Wildman–Crippen MR) is 348 cm³/mol. The molecule has 90 heavy (non-hydrogen) atoms. The second-order valence-electron chi connectivity index (χ2n) is 24.7. The lowest BCUT2D eigenvalue weighted by molar-refractivity contribution is -0.148. The van der Waals surface area contributed by atoms with Crippen molar-refractivity contribution >= 4 is 96.8 Å². The number of halogens is 2. The summed E-state index contributed by atoms with van der Waals surface area (Å²) >= 11 is 6.21. The van der Waals surface area contributed by atoms with Crippen molar-refractivity contribution in [2.24, 2.45) is 29.6 Å². The van der Waals surface area contributed by atoms with Gasteiger partial charge in [0.15, 0.2) is 0 Å². The van der Waals surface area contributed by atoms with E-state index in [1.165, 1.54) is 33.1 Å². The fraction of sp³-hybridized carbons (Fsp3) is 0.631. The highest BCUT2D eigenvalue weighted by Crippen LogP contribution is 2.32. The number of carbonyl (C=O) groups is 10. The number of ether oxygens (including phenoxy) is 3. The molecule has 2 aromatic carbocycles. The molecule has 0 aromatic heterocycles. The lowest BCUT2D eigenvalue weighted by Crippen LogP contribution is -2.60. The molecule has 1 fully saturated rings. The van der Waals surface area contributed by atoms with E-state index in [2.05, 4.69) is 58.4 Å². The number of likely N-dealkylation sites (N-methyl/N-ethyl adjacent to an activating group) is 2. The van der Waals surface area contributed by atoms with Gasteiger partial charge in [-0.05, 0) is 118 Å². The van der Waals surface area contributed by atoms with E-state index >= 15 is 0 Å². The summed E-state index contributed by atoms with van der Waals surface area (Å²) < 4.78 is 18.1. The van der Waals surface area contributed by atoms with Crippen LogP contribution in [0, 0.1) is 29.6 Å². The minimum atomic E-state index is -1.06. The molecule has 10 amide bonds. The van der Waals surface area contributed by atoms with Crippen LogP contribution in [0.5, 0.6) is 0 Å². The van der Waals surface area contributed by atoms with Crippen LogP contribution in [-0.4, -0.2) is 180 Å². The Morgan fingerprint density at radius 2 is 1.31 bits per heavy atom. The van der Waals surface area contributed by atoms with Crippen molar-refractivity contribution in [3.8, 4) is 0 Å². The number of nitrogens with one attached hydrogen (secondary N) is 5. The van der Waals surface area contributed by atoms with Gasteiger partial charge in [0.1, 0.15) is 39.7 Å². The van der Waals surface area contributed by atoms with E-state index in [1.807, 2.05) is 45.9 Å². The number of hydrogen-bond donors (Lipinski definition) is 6. The molecule has 0 spiro atoms. The second kappa shape index (κ2) is 36.1. The minimum Gasteiger partial charge on any atom is -0.445 e. The average molecular weight is 1390 g/mol. The number of aliphatic hydroxyl groups is 1. The van der Waals surface area contributed by atoms with Gasteiger partial charge in [-0.1, -0.05) is 118 Å². The van der Waals surface area contributed by atoms with Crippen LogP contribution in [0.2, 0.25) is 0 Å². The van der Waals surface area contributed by atoms with Crippen molar-refractivity contribution in [3.63, 3.8) is 0 Å². The third-order valence-electron chi connectivity index (χ3n) is 17.0. The Balaban J connectivity index is 1.31. The van der Waals surface area contributed by atoms with E-state index in [-0.39, 0.29) is 64.5 Å². The zero-order valence-electron chi connectivity index (χ0n) is 54.9. The number of nitrogens with zero attached hydrogens (tertiary/aromatic N) is 4. The molecule has 23 nitrogen and oxygen atoms in total. The van der Waals surface area contributed by atoms with Crippen molar-refractivity contribution in [2.45, 2.75) is 195 Å². The van der Waals surface area contributed by atoms with Gasteiger partial charge in [-0.25, -0.2) is 4.79 Å². The molecule has 0 saturated carbocycles. The number of rotatable bonds is 34. The van der Waals surface area contributed by atoms with Gasteiger partial charge in [0.05, 0.1) is 48.8 Å². The topological polar surface area (TPSA) is 292 Å². The number of amides is 10. The van der Waals surface area contributed by atoms with Crippen molar-refractivity contribution in [1.82, 2.24) is 40.9 Å². The Kier molecular flexibility index (Phi) is 30.5. The molecular weight excluding hydrogens is 1290 g/mol. The first-order chi connectivity index (χ1) is 42.4. The molecule has 2 aliphatic heterocycles. The van der Waals surface area contributed by atoms with Crippen molar-refractivity contribution in [2.75, 3.05) is 46.7 Å². The lowest BCUT2D eigenvalue weighted by Gasteiger charge is -2.41. The molecule has 6 N–H and O–H groups in total. The van der Waals surface area contributed by atoms with Crippen molar-refractivity contribution < 1.29 is 67.3 Å². The fourth-order valence-corrected chi connectivity index (χ4v) is 12.2. The van der Waals surface area contributed by atoms with Crippen LogP contribution < -0.4 is 26.6 Å². The summed E-state index contributed by atoms with van der Waals surface area (Å²) in [5.74, 6) is -5.78. The van der Waals surface area contributed by atoms with Gasteiger partial charge in [0.25, 0.3) is 11.8 Å². The highest BCUT2D eigenvalue weighted by atomic mass is 79.9. The van der Waals surface area contributed by atoms with E-state index < -0.39 is 120 Å². The zero-order chi connectivity index (χ0) is 67.4. The summed E-state index contributed by atoms with van der Waals surface area (Å²) in [6.07, 6.45) is 0.310. The zero-order valence-corrected chi connectivity index (χ0v) is 58.1. The quantitative estimate of drug-likeness (QED) is 0.0301. The molecule has 500 valence electrons. The monoisotopic (exact) mass is 1390 g/mol. The van der Waals surface area contributed by atoms with Crippen molar-refractivity contribution in [3.05, 3.63) is 74.7 Å². The number of unbranched alkanes of at least 4 members (excludes halogenated alkanes) is 2. The van der Waals surface area contributed by atoms with Gasteiger partial charge in [-0.3, -0.25) is 53.0 Å². The third kappa shape index (κ3) is 20.6. The Labute approximate surface area is 547 Å². The highest BCUT2D eigenvalue weighted by Gasteiger charge is 2.44. The number of likely N-dealkylation sites (tertiary alicyclic amines) is 1. The summed E-state index contributed by atoms with van der Waals surface area (Å²) in [4.78, 5) is 140. The van der Waals surface area contributed by atoms with Gasteiger partial charge >= 0.3 is 6.09 Å². The Morgan fingerprint density at radius 3 is 1.87 bits per heavy atom. The third-order valence-corrected chi connectivity index (χ3v) is 19.0. The number of benzene rings is 2. The smallest absolute Gasteiger partial charge is 0.410 e. The van der Waals surface area contributed by atoms with Gasteiger partial charge < -0.3 is 55.7 Å². The maximum absolute atomic E-state index is 14.8. The number of anilines is 1. The summed E-state index contributed by atoms with van der Waals surface area (Å²) in [5.41, 5.74) is 1.63. The first-order valence-corrected chi connectivity index (χ1v) is 32.8. The van der Waals surface area contributed by atoms with E-state index in [9.17, 15) is 53.1 Å². The molecular formula is C65H97Br2N9O14. The maximum atomic E-state index is 14.8. The standard InChI is InChI=1S/C65H97Br2N9O14/c1-16-39(8)55(47(88-14)34-49(78)75-33-23-26-46(75)57(89-15)40(9)58(80)68-41(10)56(79)44-24-19-17-20-25-44)73(12)64(86)53(37(4)5)72-61(83)54(38(6)7)74(13)65(87)90-35-43-28-30-45(31-29-43)70-59(81)42(11)69-60(82)52(36(2)3)71-48(77)27-21-18-22-32-76-62(84)50(66)51(67)63(76)85/h17,19-20,24-25,28-31,36-42,46-47,52-57,79H,16,18,21-23,26-27,32-35H2,1-15H3,(H,68,80)(H,69,82)(H,70,81)(H,71,77)(H,72,83)/t39-,40+,41+,42-,46-,47+,52-,53-,54-,55-,56+,57+/m0/s1. The average Bonchev–Trinajstić information content (AvgIpc) is 1.62. The van der Waals surface area contributed by atoms with Gasteiger partial charge in [-0.15, -0.1) is 0 Å². The van der Waals surface area contributed by atoms with Crippen LogP contribution in [0.15, 0.2) is 63.6 Å². The van der Waals surface area contributed by atoms with E-state index in [0.29, 0.717) is 61.9 Å². The molecule has 0 aliphatic carbocycles. The minimum absolute atomic E-state index is 0.0813. The molecule has 0 unspecified atom stereocenters. The largest absolute Gasteiger partial charge is 0.445 e. The molecule has 0 bridgehead atoms. The summed E-state index contributed by atoms with van der Waals surface area (Å²) in [5, 5.41) is 25.0. The van der Waals surface area contributed by atoms with Crippen LogP contribution in [0.25, 0.3) is 0 Å². The summed E-state index contributed by atoms with van der Waals surface area (Å²) in [6.45, 7) is 20.1. The molecule has 4 rings (SSSR count). The SMILES string of the molecule is CC[C@H](C)[C@@H]([C@@H](CC(=O)N1CCC[C@H]1[C@H](OC)[C@@H](C)C(=O)N[C@H](C)[C@@H](O)c1ccccc1)OC)N(C)C(=O)[C@@H](NC(=O)[C@H](C(C)C)N(C)C(=O)OCc1ccc(NC(=O)[C@H](C)NC(=O)[C@@H](NC(=O)CCCCCN2C(=O)C(Br)=C(Br)C2=O)C(C)C)cc1)C(C)C. The first-order valence-electron chi connectivity index (χ1n) is 31.2. The Hall–Kier alpha value is -6.28. The van der Waals surface area contributed by atoms with Gasteiger partial charge in [0, 0.05) is 53.5 Å². The van der Waals surface area contributed by atoms with Crippen LogP contribution in [0.3, 0.4) is 0 Å². The fourth-order valence-electron chi connectivity index (χ4n) is 11.5. The Bertz CT molecular complexity index is 2800. The predicted octanol–water partition coefficient (Wildman–Crippen LogP) is 7.09. The van der Waals surface area contributed by atoms with E-state index in [1.54, 1.807) is 94.8 Å². The van der Waals surface area contributed by atoms with Crippen LogP contribution in [0.1, 0.15) is 145 Å².